The molecule has 1 unspecified atom stereocenters. The van der Waals surface area contributed by atoms with Crippen LogP contribution in [-0.4, -0.2) is 6.04 Å². The maximum atomic E-state index is 3.81. The summed E-state index contributed by atoms with van der Waals surface area (Å²) in [4.78, 5) is 0. The fraction of sp³-hybridized carbons (Fsp3) is 0.360. The van der Waals surface area contributed by atoms with E-state index in [-0.39, 0.29) is 0 Å². The molecule has 26 heavy (non-hydrogen) atoms. The summed E-state index contributed by atoms with van der Waals surface area (Å²) in [5.41, 5.74) is 8.13. The molecule has 0 saturated carbocycles. The number of rotatable bonds is 7. The van der Waals surface area contributed by atoms with Crippen LogP contribution in [-0.2, 0) is 0 Å². The largest absolute Gasteiger partial charge is 0.382 e. The summed E-state index contributed by atoms with van der Waals surface area (Å²) in [6, 6.07) is 22.1. The summed E-state index contributed by atoms with van der Waals surface area (Å²) in [6.45, 7) is 6.82. The van der Waals surface area contributed by atoms with Gasteiger partial charge in [-0.3, -0.25) is 0 Å². The maximum Gasteiger partial charge on any atom is 0.0477 e. The molecule has 1 heteroatoms. The molecule has 1 aliphatic heterocycles. The van der Waals surface area contributed by atoms with Gasteiger partial charge in [0.15, 0.2) is 0 Å². The molecule has 0 spiro atoms. The molecule has 0 aliphatic carbocycles. The lowest BCUT2D eigenvalue weighted by molar-refractivity contribution is 0.534. The topological polar surface area (TPSA) is 12.0 Å². The molecule has 136 valence electrons. The fourth-order valence-electron chi connectivity index (χ4n) is 4.01. The Morgan fingerprint density at radius 2 is 1.31 bits per heavy atom. The van der Waals surface area contributed by atoms with Crippen molar-refractivity contribution in [2.45, 2.75) is 58.9 Å². The van der Waals surface area contributed by atoms with Gasteiger partial charge in [0.25, 0.3) is 0 Å². The van der Waals surface area contributed by atoms with Crippen LogP contribution in [0.5, 0.6) is 0 Å². The molecule has 1 aliphatic rings. The first-order valence-electron chi connectivity index (χ1n) is 10.0. The minimum Gasteiger partial charge on any atom is -0.382 e. The number of hydrogen-bond donors (Lipinski definition) is 1. The molecule has 0 fully saturated rings. The van der Waals surface area contributed by atoms with Crippen LogP contribution in [0.1, 0.15) is 64.0 Å². The minimum absolute atomic E-state index is 0.439. The third kappa shape index (κ3) is 4.09. The van der Waals surface area contributed by atoms with E-state index in [2.05, 4.69) is 86.8 Å². The third-order valence-electron chi connectivity index (χ3n) is 5.40. The average molecular weight is 346 g/mol. The first-order chi connectivity index (χ1) is 12.7. The van der Waals surface area contributed by atoms with Crippen LogP contribution in [0.15, 0.2) is 71.9 Å². The first kappa shape index (κ1) is 18.5. The standard InChI is InChI=1S/C25H31N/c1-4-5-6-13-18-23-19(2)24(21-14-9-7-10-15-21)25(20(3)26-23)22-16-11-8-12-17-22/h7-12,14-17,23,26H,4-6,13,18H2,1-3H3. The van der Waals surface area contributed by atoms with Gasteiger partial charge in [-0.1, -0.05) is 93.3 Å². The highest BCUT2D eigenvalue weighted by Gasteiger charge is 2.25. The molecular formula is C25H31N. The smallest absolute Gasteiger partial charge is 0.0477 e. The van der Waals surface area contributed by atoms with Gasteiger partial charge < -0.3 is 5.32 Å². The van der Waals surface area contributed by atoms with E-state index in [4.69, 9.17) is 0 Å². The van der Waals surface area contributed by atoms with E-state index in [1.54, 1.807) is 0 Å². The highest BCUT2D eigenvalue weighted by molar-refractivity contribution is 6.08. The van der Waals surface area contributed by atoms with Crippen molar-refractivity contribution >= 4 is 11.1 Å². The first-order valence-corrected chi connectivity index (χ1v) is 10.0. The van der Waals surface area contributed by atoms with Crippen molar-refractivity contribution in [3.05, 3.63) is 83.1 Å². The molecule has 2 aromatic carbocycles. The van der Waals surface area contributed by atoms with Gasteiger partial charge in [-0.05, 0) is 42.5 Å². The van der Waals surface area contributed by atoms with Crippen LogP contribution < -0.4 is 5.32 Å². The molecule has 3 rings (SSSR count). The van der Waals surface area contributed by atoms with Crippen molar-refractivity contribution in [2.24, 2.45) is 0 Å². The van der Waals surface area contributed by atoms with E-state index in [0.29, 0.717) is 6.04 Å². The zero-order chi connectivity index (χ0) is 18.4. The minimum atomic E-state index is 0.439. The summed E-state index contributed by atoms with van der Waals surface area (Å²) < 4.78 is 0. The van der Waals surface area contributed by atoms with E-state index in [1.165, 1.54) is 65.6 Å². The lowest BCUT2D eigenvalue weighted by atomic mass is 9.82. The molecule has 0 saturated heterocycles. The molecule has 2 aromatic rings. The molecule has 0 amide bonds. The van der Waals surface area contributed by atoms with Crippen LogP contribution in [0.2, 0.25) is 0 Å². The Kier molecular flexibility index (Phi) is 6.33. The highest BCUT2D eigenvalue weighted by atomic mass is 14.9. The Hall–Kier alpha value is -2.28. The SMILES string of the molecule is CCCCCCC1NC(C)=C(c2ccccc2)C(c2ccccc2)=C1C. The number of hydrogen-bond acceptors (Lipinski definition) is 1. The fourth-order valence-corrected chi connectivity index (χ4v) is 4.01. The van der Waals surface area contributed by atoms with Gasteiger partial charge in [0, 0.05) is 17.3 Å². The summed E-state index contributed by atoms with van der Waals surface area (Å²) in [5.74, 6) is 0. The van der Waals surface area contributed by atoms with E-state index < -0.39 is 0 Å². The molecule has 1 atom stereocenters. The quantitative estimate of drug-likeness (QED) is 0.542. The van der Waals surface area contributed by atoms with Gasteiger partial charge in [-0.15, -0.1) is 0 Å². The second-order valence-corrected chi connectivity index (χ2v) is 7.34. The summed E-state index contributed by atoms with van der Waals surface area (Å²) in [6.07, 6.45) is 6.46. The second kappa shape index (κ2) is 8.89. The predicted octanol–water partition coefficient (Wildman–Crippen LogP) is 6.83. The zero-order valence-electron chi connectivity index (χ0n) is 16.4. The Morgan fingerprint density at radius 1 is 0.731 bits per heavy atom. The molecular weight excluding hydrogens is 314 g/mol. The monoisotopic (exact) mass is 345 g/mol. The van der Waals surface area contributed by atoms with E-state index in [9.17, 15) is 0 Å². The lowest BCUT2D eigenvalue weighted by Gasteiger charge is -2.32. The number of unbranched alkanes of at least 4 members (excludes halogenated alkanes) is 3. The maximum absolute atomic E-state index is 3.81. The van der Waals surface area contributed by atoms with Crippen molar-refractivity contribution in [2.75, 3.05) is 0 Å². The van der Waals surface area contributed by atoms with Crippen molar-refractivity contribution < 1.29 is 0 Å². The Balaban J connectivity index is 1.99. The average Bonchev–Trinajstić information content (AvgIpc) is 2.68. The number of allylic oxidation sites excluding steroid dienone is 3. The molecule has 0 bridgehead atoms. The van der Waals surface area contributed by atoms with Gasteiger partial charge in [-0.25, -0.2) is 0 Å². The molecule has 1 nitrogen and oxygen atoms in total. The van der Waals surface area contributed by atoms with E-state index >= 15 is 0 Å². The van der Waals surface area contributed by atoms with Crippen molar-refractivity contribution in [3.63, 3.8) is 0 Å². The lowest BCUT2D eigenvalue weighted by Crippen LogP contribution is -2.33. The van der Waals surface area contributed by atoms with Gasteiger partial charge in [-0.2, -0.15) is 0 Å². The number of nitrogens with one attached hydrogen (secondary N) is 1. The zero-order valence-corrected chi connectivity index (χ0v) is 16.4. The molecule has 0 radical (unpaired) electrons. The van der Waals surface area contributed by atoms with Crippen LogP contribution in [0, 0.1) is 0 Å². The van der Waals surface area contributed by atoms with Crippen molar-refractivity contribution in [3.8, 4) is 0 Å². The Labute approximate surface area is 158 Å². The Morgan fingerprint density at radius 3 is 1.88 bits per heavy atom. The van der Waals surface area contributed by atoms with E-state index in [1.807, 2.05) is 0 Å². The molecule has 0 aromatic heterocycles. The molecule has 1 heterocycles. The third-order valence-corrected chi connectivity index (χ3v) is 5.40. The van der Waals surface area contributed by atoms with Gasteiger partial charge >= 0.3 is 0 Å². The van der Waals surface area contributed by atoms with Crippen LogP contribution in [0.4, 0.5) is 0 Å². The van der Waals surface area contributed by atoms with Crippen LogP contribution in [0.25, 0.3) is 11.1 Å². The predicted molar refractivity (Wildman–Crippen MR) is 114 cm³/mol. The Bertz CT molecular complexity index is 768. The summed E-state index contributed by atoms with van der Waals surface area (Å²) >= 11 is 0. The number of benzene rings is 2. The second-order valence-electron chi connectivity index (χ2n) is 7.34. The van der Waals surface area contributed by atoms with Crippen LogP contribution in [0.3, 0.4) is 0 Å². The van der Waals surface area contributed by atoms with Crippen molar-refractivity contribution in [1.82, 2.24) is 5.32 Å². The summed E-state index contributed by atoms with van der Waals surface area (Å²) in [5, 5.41) is 3.81. The van der Waals surface area contributed by atoms with Gasteiger partial charge in [0.05, 0.1) is 0 Å². The molecule has 1 N–H and O–H groups in total. The number of dihydropyridines is 1. The summed E-state index contributed by atoms with van der Waals surface area (Å²) in [7, 11) is 0. The van der Waals surface area contributed by atoms with Gasteiger partial charge in [0.2, 0.25) is 0 Å². The normalized spacial score (nSPS) is 17.4. The van der Waals surface area contributed by atoms with Crippen LogP contribution >= 0.6 is 0 Å². The van der Waals surface area contributed by atoms with Gasteiger partial charge in [0.1, 0.15) is 0 Å². The van der Waals surface area contributed by atoms with E-state index in [0.717, 1.165) is 0 Å². The highest BCUT2D eigenvalue weighted by Crippen LogP contribution is 2.40. The van der Waals surface area contributed by atoms with Crippen molar-refractivity contribution in [1.29, 1.82) is 0 Å².